The van der Waals surface area contributed by atoms with Gasteiger partial charge in [0.25, 0.3) is 0 Å². The molecule has 0 aliphatic carbocycles. The number of hydrogen-bond acceptors (Lipinski definition) is 3. The molecule has 0 amide bonds. The molecule has 0 aromatic carbocycles. The van der Waals surface area contributed by atoms with Gasteiger partial charge in [-0.3, -0.25) is 0 Å². The molecule has 0 spiro atoms. The van der Waals surface area contributed by atoms with Crippen LogP contribution in [-0.4, -0.2) is 12.3 Å². The highest BCUT2D eigenvalue weighted by Crippen LogP contribution is 2.03. The van der Waals surface area contributed by atoms with Crippen molar-refractivity contribution in [1.29, 1.82) is 0 Å². The summed E-state index contributed by atoms with van der Waals surface area (Å²) in [5.74, 6) is 0.505. The van der Waals surface area contributed by atoms with Crippen LogP contribution in [0.1, 0.15) is 27.7 Å². The molecule has 0 fully saturated rings. The van der Waals surface area contributed by atoms with Gasteiger partial charge in [-0.15, -0.1) is 5.10 Å². The van der Waals surface area contributed by atoms with E-state index in [2.05, 4.69) is 29.3 Å². The van der Waals surface area contributed by atoms with Crippen molar-refractivity contribution in [3.05, 3.63) is 0 Å². The second kappa shape index (κ2) is 5.09. The van der Waals surface area contributed by atoms with E-state index in [1.165, 1.54) is 0 Å². The van der Waals surface area contributed by atoms with Gasteiger partial charge in [0.05, 0.1) is 5.71 Å². The van der Waals surface area contributed by atoms with Crippen molar-refractivity contribution in [2.24, 2.45) is 21.4 Å². The van der Waals surface area contributed by atoms with E-state index in [0.717, 1.165) is 5.71 Å². The van der Waals surface area contributed by atoms with Crippen LogP contribution < -0.4 is 0 Å². The van der Waals surface area contributed by atoms with Gasteiger partial charge in [-0.25, -0.2) is 0 Å². The van der Waals surface area contributed by atoms with Crippen LogP contribution in [0.5, 0.6) is 0 Å². The van der Waals surface area contributed by atoms with Crippen LogP contribution in [-0.2, 0) is 0 Å². The van der Waals surface area contributed by atoms with Gasteiger partial charge in [0.2, 0.25) is 0 Å². The Morgan fingerprint density at radius 3 is 2.10 bits per heavy atom. The number of hydrogen-bond donors (Lipinski definition) is 0. The van der Waals surface area contributed by atoms with E-state index in [1.807, 2.05) is 13.8 Å². The molecular weight excluding hydrogens is 126 g/mol. The molecule has 3 nitrogen and oxygen atoms in total. The fraction of sp³-hybridized carbons (Fsp3) is 0.857. The van der Waals surface area contributed by atoms with Crippen LogP contribution in [0, 0.1) is 5.92 Å². The molecule has 0 radical (unpaired) electrons. The van der Waals surface area contributed by atoms with E-state index in [1.54, 1.807) is 0 Å². The highest BCUT2D eigenvalue weighted by molar-refractivity contribution is 5.88. The van der Waals surface area contributed by atoms with E-state index >= 15 is 0 Å². The Hall–Kier alpha value is -0.730. The topological polar surface area (TPSA) is 37.1 Å². The maximum atomic E-state index is 3.81. The first-order chi connectivity index (χ1) is 4.80. The molecule has 1 aliphatic heterocycles. The fourth-order valence-corrected chi connectivity index (χ4v) is 0.523. The first kappa shape index (κ1) is 9.27. The third-order valence-corrected chi connectivity index (χ3v) is 1.14. The SMILES string of the molecule is CC.CC(C)C1=NN=NC1. The lowest BCUT2D eigenvalue weighted by molar-refractivity contribution is 0.873. The normalized spacial score (nSPS) is 14.7. The lowest BCUT2D eigenvalue weighted by Crippen LogP contribution is -2.07. The van der Waals surface area contributed by atoms with Crippen molar-refractivity contribution in [3.8, 4) is 0 Å². The molecule has 0 saturated carbocycles. The van der Waals surface area contributed by atoms with Crippen LogP contribution in [0.4, 0.5) is 0 Å². The fourth-order valence-electron chi connectivity index (χ4n) is 0.523. The smallest absolute Gasteiger partial charge is 0.102 e. The predicted molar refractivity (Wildman–Crippen MR) is 43.3 cm³/mol. The molecule has 0 saturated heterocycles. The maximum Gasteiger partial charge on any atom is 0.102 e. The van der Waals surface area contributed by atoms with Crippen molar-refractivity contribution in [2.45, 2.75) is 27.7 Å². The van der Waals surface area contributed by atoms with Gasteiger partial charge in [-0.05, 0) is 11.1 Å². The molecule has 1 aliphatic rings. The molecule has 10 heavy (non-hydrogen) atoms. The number of nitrogens with zero attached hydrogens (tertiary/aromatic N) is 3. The van der Waals surface area contributed by atoms with Crippen LogP contribution >= 0.6 is 0 Å². The summed E-state index contributed by atoms with van der Waals surface area (Å²) in [7, 11) is 0. The first-order valence-corrected chi connectivity index (χ1v) is 3.74. The minimum atomic E-state index is 0.505. The molecule has 1 rings (SSSR count). The summed E-state index contributed by atoms with van der Waals surface area (Å²) in [4.78, 5) is 0. The van der Waals surface area contributed by atoms with Gasteiger partial charge >= 0.3 is 0 Å². The van der Waals surface area contributed by atoms with E-state index in [-0.39, 0.29) is 0 Å². The zero-order valence-electron chi connectivity index (χ0n) is 7.13. The lowest BCUT2D eigenvalue weighted by Gasteiger charge is -1.97. The largest absolute Gasteiger partial charge is 0.163 e. The van der Waals surface area contributed by atoms with Crippen LogP contribution in [0.2, 0.25) is 0 Å². The van der Waals surface area contributed by atoms with Crippen LogP contribution in [0.25, 0.3) is 0 Å². The van der Waals surface area contributed by atoms with E-state index in [4.69, 9.17) is 0 Å². The quantitative estimate of drug-likeness (QED) is 0.538. The molecular formula is C7H15N3. The number of rotatable bonds is 1. The summed E-state index contributed by atoms with van der Waals surface area (Å²) in [6, 6.07) is 0. The van der Waals surface area contributed by atoms with E-state index in [0.29, 0.717) is 12.5 Å². The molecule has 1 heterocycles. The summed E-state index contributed by atoms with van der Waals surface area (Å²) in [5.41, 5.74) is 1.09. The molecule has 0 bridgehead atoms. The van der Waals surface area contributed by atoms with Crippen molar-refractivity contribution in [1.82, 2.24) is 0 Å². The van der Waals surface area contributed by atoms with Crippen LogP contribution in [0.15, 0.2) is 15.4 Å². The van der Waals surface area contributed by atoms with Crippen LogP contribution in [0.3, 0.4) is 0 Å². The second-order valence-corrected chi connectivity index (χ2v) is 2.14. The Morgan fingerprint density at radius 2 is 1.90 bits per heavy atom. The van der Waals surface area contributed by atoms with E-state index < -0.39 is 0 Å². The lowest BCUT2D eigenvalue weighted by atomic mass is 10.1. The summed E-state index contributed by atoms with van der Waals surface area (Å²) in [6.07, 6.45) is 0. The molecule has 58 valence electrons. The van der Waals surface area contributed by atoms with Crippen molar-refractivity contribution in [3.63, 3.8) is 0 Å². The minimum Gasteiger partial charge on any atom is -0.163 e. The summed E-state index contributed by atoms with van der Waals surface area (Å²) in [6.45, 7) is 8.89. The molecule has 0 aromatic heterocycles. The Labute approximate surface area is 62.2 Å². The zero-order chi connectivity index (χ0) is 7.98. The predicted octanol–water partition coefficient (Wildman–Crippen LogP) is 2.49. The van der Waals surface area contributed by atoms with Gasteiger partial charge in [-0.2, -0.15) is 5.11 Å². The van der Waals surface area contributed by atoms with Gasteiger partial charge in [0, 0.05) is 0 Å². The van der Waals surface area contributed by atoms with Gasteiger partial charge in [0.1, 0.15) is 6.54 Å². The average molecular weight is 141 g/mol. The monoisotopic (exact) mass is 141 g/mol. The van der Waals surface area contributed by atoms with Gasteiger partial charge in [0.15, 0.2) is 0 Å². The zero-order valence-corrected chi connectivity index (χ0v) is 7.13. The average Bonchev–Trinajstić information content (AvgIpc) is 2.42. The summed E-state index contributed by atoms with van der Waals surface area (Å²) < 4.78 is 0. The molecule has 3 heteroatoms. The van der Waals surface area contributed by atoms with Gasteiger partial charge in [-0.1, -0.05) is 27.7 Å². The van der Waals surface area contributed by atoms with Crippen molar-refractivity contribution >= 4 is 5.71 Å². The molecule has 0 N–H and O–H groups in total. The minimum absolute atomic E-state index is 0.505. The summed E-state index contributed by atoms with van der Waals surface area (Å²) >= 11 is 0. The first-order valence-electron chi connectivity index (χ1n) is 3.74. The Balaban J connectivity index is 0.000000371. The highest BCUT2D eigenvalue weighted by Gasteiger charge is 2.06. The Morgan fingerprint density at radius 1 is 1.30 bits per heavy atom. The second-order valence-electron chi connectivity index (χ2n) is 2.14. The van der Waals surface area contributed by atoms with Crippen molar-refractivity contribution < 1.29 is 0 Å². The third-order valence-electron chi connectivity index (χ3n) is 1.14. The molecule has 0 unspecified atom stereocenters. The van der Waals surface area contributed by atoms with Gasteiger partial charge < -0.3 is 0 Å². The third kappa shape index (κ3) is 2.71. The standard InChI is InChI=1S/C5H9N3.C2H6/c1-4(2)5-3-6-8-7-5;1-2/h4H,3H2,1-2H3;1-2H3. The molecule has 0 atom stereocenters. The highest BCUT2D eigenvalue weighted by atomic mass is 15.4. The Kier molecular flexibility index (Phi) is 4.72. The molecule has 0 aromatic rings. The summed E-state index contributed by atoms with van der Waals surface area (Å²) in [5, 5.41) is 11.0. The van der Waals surface area contributed by atoms with E-state index in [9.17, 15) is 0 Å². The Bertz CT molecular complexity index is 136. The van der Waals surface area contributed by atoms with Crippen molar-refractivity contribution in [2.75, 3.05) is 6.54 Å². The maximum absolute atomic E-state index is 3.81.